The Hall–Kier alpha value is -4.23. The van der Waals surface area contributed by atoms with Gasteiger partial charge < -0.3 is 14.2 Å². The van der Waals surface area contributed by atoms with E-state index < -0.39 is 9.39 Å². The Kier molecular flexibility index (Phi) is 8.94. The minimum atomic E-state index is -2.18. The van der Waals surface area contributed by atoms with Gasteiger partial charge in [-0.1, -0.05) is 82.3 Å². The van der Waals surface area contributed by atoms with Crippen LogP contribution in [0.25, 0.3) is 10.8 Å². The third-order valence-electron chi connectivity index (χ3n) is 6.15. The van der Waals surface area contributed by atoms with Gasteiger partial charge in [-0.15, -0.1) is 0 Å². The Morgan fingerprint density at radius 1 is 0.974 bits per heavy atom. The molecule has 6 nitrogen and oxygen atoms in total. The fourth-order valence-electron chi connectivity index (χ4n) is 4.14. The molecule has 7 heteroatoms. The molecule has 0 spiro atoms. The Bertz CT molecular complexity index is 1590. The Labute approximate surface area is 231 Å². The molecule has 0 saturated heterocycles. The fraction of sp³-hybridized carbons (Fsp3) is 0.188. The van der Waals surface area contributed by atoms with Crippen molar-refractivity contribution in [2.75, 3.05) is 6.61 Å². The molecule has 0 radical (unpaired) electrons. The molecule has 202 valence electrons. The van der Waals surface area contributed by atoms with E-state index in [1.54, 1.807) is 13.1 Å². The molecule has 0 saturated carbocycles. The lowest BCUT2D eigenvalue weighted by Crippen LogP contribution is -2.21. The highest BCUT2D eigenvalue weighted by Crippen LogP contribution is 2.28. The van der Waals surface area contributed by atoms with Crippen LogP contribution in [0.2, 0.25) is 0 Å². The molecule has 0 unspecified atom stereocenters. The van der Waals surface area contributed by atoms with Crippen LogP contribution < -0.4 is 9.46 Å². The Balaban J connectivity index is 1.44. The zero-order valence-corrected chi connectivity index (χ0v) is 23.2. The van der Waals surface area contributed by atoms with Crippen molar-refractivity contribution in [3.63, 3.8) is 0 Å². The SMILES string of the molecule is C=C(C)OC(=C)S(=C)(=C)NC(=O)CCc1ccc(Cn2cccn2)cc1OCCc1ccc2ccccc2c1. The van der Waals surface area contributed by atoms with Crippen molar-refractivity contribution in [2.45, 2.75) is 32.7 Å². The molecule has 4 aromatic rings. The summed E-state index contributed by atoms with van der Waals surface area (Å²) in [5, 5.41) is 7.05. The highest BCUT2D eigenvalue weighted by atomic mass is 32.2. The van der Waals surface area contributed by atoms with Gasteiger partial charge in [-0.25, -0.2) is 0 Å². The monoisotopic (exact) mass is 541 g/mol. The van der Waals surface area contributed by atoms with E-state index in [0.717, 1.165) is 23.3 Å². The smallest absolute Gasteiger partial charge is 0.229 e. The minimum absolute atomic E-state index is 0.177. The van der Waals surface area contributed by atoms with Crippen LogP contribution in [0.5, 0.6) is 5.75 Å². The van der Waals surface area contributed by atoms with Crippen molar-refractivity contribution in [3.8, 4) is 5.75 Å². The second-order valence-corrected chi connectivity index (χ2v) is 11.9. The molecule has 0 aliphatic rings. The average Bonchev–Trinajstić information content (AvgIpc) is 3.40. The molecule has 4 rings (SSSR count). The van der Waals surface area contributed by atoms with Crippen molar-refractivity contribution in [1.29, 1.82) is 0 Å². The summed E-state index contributed by atoms with van der Waals surface area (Å²) in [6.07, 6.45) is 5.21. The standard InChI is InChI=1S/C32H35N3O3S/c1-24(2)38-25(3)39(4,5)34-32(36)16-15-29-14-12-27(23-35-19-8-18-33-35)22-31(29)37-20-17-26-11-13-28-9-6-7-10-30(28)21-26/h6-14,18-19,21-22H,1,3-5,15-17,20,23H2,2H3,(H,34,36). The lowest BCUT2D eigenvalue weighted by Gasteiger charge is -2.19. The summed E-state index contributed by atoms with van der Waals surface area (Å²) in [5.41, 5.74) is 3.24. The van der Waals surface area contributed by atoms with Crippen LogP contribution in [0, 0.1) is 0 Å². The van der Waals surface area contributed by atoms with E-state index in [4.69, 9.17) is 9.47 Å². The first-order valence-corrected chi connectivity index (χ1v) is 14.7. The second kappa shape index (κ2) is 12.5. The number of benzene rings is 3. The maximum Gasteiger partial charge on any atom is 0.229 e. The fourth-order valence-corrected chi connectivity index (χ4v) is 5.09. The van der Waals surface area contributed by atoms with E-state index in [1.807, 2.05) is 47.3 Å². The van der Waals surface area contributed by atoms with Gasteiger partial charge in [-0.2, -0.15) is 5.10 Å². The van der Waals surface area contributed by atoms with E-state index in [1.165, 1.54) is 16.3 Å². The number of rotatable bonds is 13. The van der Waals surface area contributed by atoms with E-state index >= 15 is 0 Å². The summed E-state index contributed by atoms with van der Waals surface area (Å²) in [4.78, 5) is 12.8. The first-order chi connectivity index (χ1) is 18.7. The highest BCUT2D eigenvalue weighted by Gasteiger charge is 2.13. The quantitative estimate of drug-likeness (QED) is 0.158. The predicted octanol–water partition coefficient (Wildman–Crippen LogP) is 6.36. The number of carbonyl (C=O) groups excluding carboxylic acids is 1. The first-order valence-electron chi connectivity index (χ1n) is 12.7. The second-order valence-electron chi connectivity index (χ2n) is 9.51. The molecule has 1 N–H and O–H groups in total. The van der Waals surface area contributed by atoms with E-state index in [0.29, 0.717) is 30.4 Å². The maximum absolute atomic E-state index is 12.8. The van der Waals surface area contributed by atoms with Gasteiger partial charge in [-0.05, 0) is 59.5 Å². The molecule has 1 heterocycles. The van der Waals surface area contributed by atoms with Crippen molar-refractivity contribution in [2.24, 2.45) is 0 Å². The van der Waals surface area contributed by atoms with Gasteiger partial charge in [0.05, 0.1) is 18.9 Å². The number of fused-ring (bicyclic) bond motifs is 1. The first kappa shape index (κ1) is 27.8. The Morgan fingerprint density at radius 3 is 2.49 bits per heavy atom. The number of carbonyl (C=O) groups is 1. The van der Waals surface area contributed by atoms with Gasteiger partial charge >= 0.3 is 0 Å². The van der Waals surface area contributed by atoms with Crippen LogP contribution in [0.15, 0.2) is 103 Å². The number of nitrogens with one attached hydrogen (secondary N) is 1. The molecule has 3 aromatic carbocycles. The third kappa shape index (κ3) is 7.88. The number of aryl methyl sites for hydroxylation is 1. The van der Waals surface area contributed by atoms with Crippen LogP contribution in [0.1, 0.15) is 30.0 Å². The van der Waals surface area contributed by atoms with Gasteiger partial charge in [0.15, 0.2) is 5.09 Å². The van der Waals surface area contributed by atoms with Gasteiger partial charge in [-0.3, -0.25) is 9.48 Å². The lowest BCUT2D eigenvalue weighted by molar-refractivity contribution is -0.119. The molecule has 0 fully saturated rings. The number of nitrogens with zero attached hydrogens (tertiary/aromatic N) is 2. The molecule has 1 amide bonds. The number of ether oxygens (including phenoxy) is 2. The number of hydrogen-bond acceptors (Lipinski definition) is 4. The molecule has 0 atom stereocenters. The molecule has 0 bridgehead atoms. The van der Waals surface area contributed by atoms with Crippen molar-refractivity contribution in [1.82, 2.24) is 14.5 Å². The minimum Gasteiger partial charge on any atom is -0.493 e. The predicted molar refractivity (Wildman–Crippen MR) is 164 cm³/mol. The normalized spacial score (nSPS) is 11.2. The molecular formula is C32H35N3O3S. The zero-order valence-electron chi connectivity index (χ0n) is 22.4. The van der Waals surface area contributed by atoms with E-state index in [2.05, 4.69) is 65.1 Å². The molecule has 39 heavy (non-hydrogen) atoms. The van der Waals surface area contributed by atoms with Crippen LogP contribution >= 0.6 is 9.39 Å². The number of allylic oxidation sites excluding steroid dienone is 1. The summed E-state index contributed by atoms with van der Waals surface area (Å²) >= 11 is 0. The average molecular weight is 542 g/mol. The van der Waals surface area contributed by atoms with E-state index in [9.17, 15) is 4.79 Å². The molecule has 0 aliphatic heterocycles. The third-order valence-corrected chi connectivity index (χ3v) is 7.73. The van der Waals surface area contributed by atoms with Crippen molar-refractivity contribution < 1.29 is 14.3 Å². The van der Waals surface area contributed by atoms with Gasteiger partial charge in [0, 0.05) is 25.2 Å². The summed E-state index contributed by atoms with van der Waals surface area (Å²) in [5.74, 6) is 9.09. The molecular weight excluding hydrogens is 506 g/mol. The Morgan fingerprint density at radius 2 is 1.74 bits per heavy atom. The van der Waals surface area contributed by atoms with E-state index in [-0.39, 0.29) is 12.3 Å². The summed E-state index contributed by atoms with van der Waals surface area (Å²) in [6, 6.07) is 22.8. The lowest BCUT2D eigenvalue weighted by atomic mass is 10.0. The summed E-state index contributed by atoms with van der Waals surface area (Å²) < 4.78 is 16.5. The van der Waals surface area contributed by atoms with Crippen molar-refractivity contribution >= 4 is 37.8 Å². The largest absolute Gasteiger partial charge is 0.493 e. The van der Waals surface area contributed by atoms with Gasteiger partial charge in [0.2, 0.25) is 5.91 Å². The van der Waals surface area contributed by atoms with Gasteiger partial charge in [0.1, 0.15) is 5.75 Å². The maximum atomic E-state index is 12.8. The van der Waals surface area contributed by atoms with Crippen LogP contribution in [0.4, 0.5) is 0 Å². The molecule has 1 aromatic heterocycles. The summed E-state index contributed by atoms with van der Waals surface area (Å²) in [7, 11) is -2.18. The molecule has 0 aliphatic carbocycles. The number of amides is 1. The topological polar surface area (TPSA) is 65.4 Å². The number of aromatic nitrogens is 2. The van der Waals surface area contributed by atoms with Crippen LogP contribution in [0.3, 0.4) is 0 Å². The van der Waals surface area contributed by atoms with Crippen LogP contribution in [-0.2, 0) is 28.9 Å². The van der Waals surface area contributed by atoms with Crippen LogP contribution in [-0.4, -0.2) is 34.0 Å². The number of hydrogen-bond donors (Lipinski definition) is 1. The summed E-state index contributed by atoms with van der Waals surface area (Å²) in [6.45, 7) is 10.4. The van der Waals surface area contributed by atoms with Gasteiger partial charge in [0.25, 0.3) is 0 Å². The zero-order chi connectivity index (χ0) is 27.8. The highest BCUT2D eigenvalue weighted by molar-refractivity contribution is 8.29. The van der Waals surface area contributed by atoms with Crippen molar-refractivity contribution in [3.05, 3.63) is 120 Å².